The lowest BCUT2D eigenvalue weighted by Crippen LogP contribution is -2.14. The minimum absolute atomic E-state index is 0.160. The Morgan fingerprint density at radius 3 is 2.72 bits per heavy atom. The Balaban J connectivity index is 2.18. The fourth-order valence-electron chi connectivity index (χ4n) is 1.66. The number of benzene rings is 1. The number of nitrogen functional groups attached to an aromatic ring is 1. The molecule has 2 aromatic rings. The van der Waals surface area contributed by atoms with Crippen molar-refractivity contribution in [3.63, 3.8) is 0 Å². The molecule has 6 heteroatoms. The van der Waals surface area contributed by atoms with Gasteiger partial charge in [0.15, 0.2) is 0 Å². The summed E-state index contributed by atoms with van der Waals surface area (Å²) in [6.07, 6.45) is -3.48. The Hall–Kier alpha value is -1.98. The van der Waals surface area contributed by atoms with E-state index in [1.165, 1.54) is 6.20 Å². The molecule has 0 atom stereocenters. The van der Waals surface area contributed by atoms with Crippen LogP contribution < -0.4 is 11.1 Å². The number of nitrogens with one attached hydrogen (secondary N) is 1. The van der Waals surface area contributed by atoms with Crippen LogP contribution in [0.5, 0.6) is 0 Å². The number of aromatic nitrogens is 1. The van der Waals surface area contributed by atoms with Crippen LogP contribution in [0.15, 0.2) is 30.5 Å². The van der Waals surface area contributed by atoms with Gasteiger partial charge in [-0.1, -0.05) is 0 Å². The zero-order chi connectivity index (χ0) is 13.2. The highest BCUT2D eigenvalue weighted by molar-refractivity contribution is 5.92. The van der Waals surface area contributed by atoms with Gasteiger partial charge in [-0.2, -0.15) is 13.2 Å². The third-order valence-corrected chi connectivity index (χ3v) is 2.49. The van der Waals surface area contributed by atoms with Gasteiger partial charge in [0.05, 0.1) is 11.9 Å². The molecule has 1 aromatic heterocycles. The van der Waals surface area contributed by atoms with Crippen molar-refractivity contribution in [2.45, 2.75) is 12.6 Å². The first-order valence-electron chi connectivity index (χ1n) is 5.40. The van der Waals surface area contributed by atoms with Crippen molar-refractivity contribution in [2.75, 3.05) is 17.6 Å². The average Bonchev–Trinajstić information content (AvgIpc) is 2.27. The molecule has 0 aliphatic rings. The second-order valence-corrected chi connectivity index (χ2v) is 3.93. The number of pyridine rings is 1. The molecule has 0 saturated heterocycles. The molecule has 1 aromatic carbocycles. The summed E-state index contributed by atoms with van der Waals surface area (Å²) in [6, 6.07) is 6.77. The number of fused-ring (bicyclic) bond motifs is 1. The number of alkyl halides is 3. The van der Waals surface area contributed by atoms with Crippen molar-refractivity contribution in [3.05, 3.63) is 30.5 Å². The van der Waals surface area contributed by atoms with Crippen LogP contribution in [0, 0.1) is 0 Å². The SMILES string of the molecule is Nc1ccc2c(NCCC(F)(F)F)ccnc2c1. The van der Waals surface area contributed by atoms with E-state index in [-0.39, 0.29) is 6.54 Å². The minimum Gasteiger partial charge on any atom is -0.399 e. The van der Waals surface area contributed by atoms with Gasteiger partial charge in [-0.3, -0.25) is 4.98 Å². The summed E-state index contributed by atoms with van der Waals surface area (Å²) in [5, 5.41) is 3.52. The van der Waals surface area contributed by atoms with Crippen molar-refractivity contribution >= 4 is 22.3 Å². The largest absolute Gasteiger partial charge is 0.399 e. The molecule has 0 saturated carbocycles. The number of halogens is 3. The minimum atomic E-state index is -4.15. The van der Waals surface area contributed by atoms with Crippen molar-refractivity contribution in [2.24, 2.45) is 0 Å². The third-order valence-electron chi connectivity index (χ3n) is 2.49. The van der Waals surface area contributed by atoms with Crippen molar-refractivity contribution in [1.82, 2.24) is 4.98 Å². The molecule has 2 rings (SSSR count). The van der Waals surface area contributed by atoms with Gasteiger partial charge in [0.2, 0.25) is 0 Å². The van der Waals surface area contributed by atoms with Crippen molar-refractivity contribution < 1.29 is 13.2 Å². The highest BCUT2D eigenvalue weighted by Gasteiger charge is 2.26. The predicted molar refractivity (Wildman–Crippen MR) is 65.3 cm³/mol. The van der Waals surface area contributed by atoms with Crippen molar-refractivity contribution in [3.8, 4) is 0 Å². The molecule has 0 amide bonds. The lowest BCUT2D eigenvalue weighted by Gasteiger charge is -2.11. The molecule has 96 valence electrons. The number of nitrogens with zero attached hydrogens (tertiary/aromatic N) is 1. The van der Waals surface area contributed by atoms with E-state index in [1.807, 2.05) is 0 Å². The number of hydrogen-bond acceptors (Lipinski definition) is 3. The molecule has 0 radical (unpaired) electrons. The molecule has 0 aliphatic heterocycles. The molecule has 3 nitrogen and oxygen atoms in total. The highest BCUT2D eigenvalue weighted by Crippen LogP contribution is 2.24. The van der Waals surface area contributed by atoms with E-state index in [0.29, 0.717) is 16.9 Å². The van der Waals surface area contributed by atoms with Crippen LogP contribution in [0.3, 0.4) is 0 Å². The Labute approximate surface area is 102 Å². The van der Waals surface area contributed by atoms with Gasteiger partial charge in [-0.25, -0.2) is 0 Å². The van der Waals surface area contributed by atoms with Gasteiger partial charge >= 0.3 is 6.18 Å². The van der Waals surface area contributed by atoms with Gasteiger partial charge in [0, 0.05) is 29.5 Å². The molecule has 0 bridgehead atoms. The number of anilines is 2. The molecule has 0 unspecified atom stereocenters. The van der Waals surface area contributed by atoms with Gasteiger partial charge in [-0.05, 0) is 24.3 Å². The molecule has 0 spiro atoms. The summed E-state index contributed by atoms with van der Waals surface area (Å²) in [6.45, 7) is -0.160. The topological polar surface area (TPSA) is 50.9 Å². The van der Waals surface area contributed by atoms with E-state index in [0.717, 1.165) is 5.39 Å². The number of nitrogens with two attached hydrogens (primary N) is 1. The number of rotatable bonds is 3. The Kier molecular flexibility index (Phi) is 3.27. The van der Waals surface area contributed by atoms with Gasteiger partial charge in [0.25, 0.3) is 0 Å². The summed E-state index contributed by atoms with van der Waals surface area (Å²) in [5.41, 5.74) is 7.48. The van der Waals surface area contributed by atoms with Crippen LogP contribution in [0.2, 0.25) is 0 Å². The highest BCUT2D eigenvalue weighted by atomic mass is 19.4. The Morgan fingerprint density at radius 1 is 1.22 bits per heavy atom. The van der Waals surface area contributed by atoms with Crippen LogP contribution in [0.4, 0.5) is 24.5 Å². The third kappa shape index (κ3) is 3.03. The monoisotopic (exact) mass is 255 g/mol. The lowest BCUT2D eigenvalue weighted by atomic mass is 10.1. The summed E-state index contributed by atoms with van der Waals surface area (Å²) < 4.78 is 36.2. The Bertz CT molecular complexity index is 552. The van der Waals surface area contributed by atoms with Crippen LogP contribution in [-0.2, 0) is 0 Å². The predicted octanol–water partition coefficient (Wildman–Crippen LogP) is 3.18. The van der Waals surface area contributed by atoms with Crippen LogP contribution in [-0.4, -0.2) is 17.7 Å². The van der Waals surface area contributed by atoms with Gasteiger partial charge < -0.3 is 11.1 Å². The fourth-order valence-corrected chi connectivity index (χ4v) is 1.66. The maximum absolute atomic E-state index is 12.1. The summed E-state index contributed by atoms with van der Waals surface area (Å²) >= 11 is 0. The van der Waals surface area contributed by atoms with E-state index in [1.54, 1.807) is 24.3 Å². The van der Waals surface area contributed by atoms with E-state index < -0.39 is 12.6 Å². The Morgan fingerprint density at radius 2 is 2.00 bits per heavy atom. The normalized spacial score (nSPS) is 11.7. The van der Waals surface area contributed by atoms with Crippen LogP contribution in [0.25, 0.3) is 10.9 Å². The first-order valence-corrected chi connectivity index (χ1v) is 5.40. The average molecular weight is 255 g/mol. The molecule has 1 heterocycles. The zero-order valence-electron chi connectivity index (χ0n) is 9.46. The summed E-state index contributed by atoms with van der Waals surface area (Å²) in [7, 11) is 0. The molecular weight excluding hydrogens is 243 g/mol. The molecule has 3 N–H and O–H groups in total. The first-order chi connectivity index (χ1) is 8.46. The van der Waals surface area contributed by atoms with Crippen LogP contribution in [0.1, 0.15) is 6.42 Å². The second kappa shape index (κ2) is 4.72. The fraction of sp³-hybridized carbons (Fsp3) is 0.250. The van der Waals surface area contributed by atoms with Crippen LogP contribution >= 0.6 is 0 Å². The summed E-state index contributed by atoms with van der Waals surface area (Å²) in [5.74, 6) is 0. The number of hydrogen-bond donors (Lipinski definition) is 2. The quantitative estimate of drug-likeness (QED) is 0.828. The molecule has 0 fully saturated rings. The first kappa shape index (κ1) is 12.5. The van der Waals surface area contributed by atoms with Gasteiger partial charge in [-0.15, -0.1) is 0 Å². The van der Waals surface area contributed by atoms with E-state index >= 15 is 0 Å². The maximum Gasteiger partial charge on any atom is 0.390 e. The van der Waals surface area contributed by atoms with Crippen molar-refractivity contribution in [1.29, 1.82) is 0 Å². The lowest BCUT2D eigenvalue weighted by molar-refractivity contribution is -0.131. The van der Waals surface area contributed by atoms with E-state index in [4.69, 9.17) is 5.73 Å². The molecular formula is C12H12F3N3. The molecule has 0 aliphatic carbocycles. The zero-order valence-corrected chi connectivity index (χ0v) is 9.46. The summed E-state index contributed by atoms with van der Waals surface area (Å²) in [4.78, 5) is 4.12. The second-order valence-electron chi connectivity index (χ2n) is 3.93. The maximum atomic E-state index is 12.1. The van der Waals surface area contributed by atoms with Gasteiger partial charge in [0.1, 0.15) is 0 Å². The smallest absolute Gasteiger partial charge is 0.390 e. The molecule has 18 heavy (non-hydrogen) atoms. The van der Waals surface area contributed by atoms with E-state index in [2.05, 4.69) is 10.3 Å². The van der Waals surface area contributed by atoms with E-state index in [9.17, 15) is 13.2 Å². The standard InChI is InChI=1S/C12H12F3N3/c13-12(14,15)4-6-18-10-3-5-17-11-7-8(16)1-2-9(10)11/h1-3,5,7H,4,6,16H2,(H,17,18).